The van der Waals surface area contributed by atoms with Gasteiger partial charge in [-0.3, -0.25) is 4.90 Å². The Bertz CT molecular complexity index is 1330. The average Bonchev–Trinajstić information content (AvgIpc) is 3.33. The van der Waals surface area contributed by atoms with E-state index in [1.165, 1.54) is 17.3 Å². The summed E-state index contributed by atoms with van der Waals surface area (Å²) in [4.78, 5) is 41.3. The number of aromatic nitrogens is 2. The van der Waals surface area contributed by atoms with Crippen LogP contribution >= 0.6 is 11.8 Å². The van der Waals surface area contributed by atoms with E-state index < -0.39 is 5.97 Å². The fraction of sp³-hybridized carbons (Fsp3) is 0.419. The summed E-state index contributed by atoms with van der Waals surface area (Å²) in [6.45, 7) is 7.84. The Kier molecular flexibility index (Phi) is 8.91. The molecule has 10 heteroatoms. The van der Waals surface area contributed by atoms with E-state index in [4.69, 9.17) is 9.84 Å². The second kappa shape index (κ2) is 12.6. The smallest absolute Gasteiger partial charge is 0.335 e. The van der Waals surface area contributed by atoms with Gasteiger partial charge in [-0.15, -0.1) is 0 Å². The van der Waals surface area contributed by atoms with Crippen molar-refractivity contribution in [3.8, 4) is 0 Å². The predicted molar refractivity (Wildman–Crippen MR) is 157 cm³/mol. The number of aromatic carboxylic acids is 1. The summed E-state index contributed by atoms with van der Waals surface area (Å²) in [5.41, 5.74) is 2.08. The molecule has 0 spiro atoms. The summed E-state index contributed by atoms with van der Waals surface area (Å²) in [6, 6.07) is 17.3. The van der Waals surface area contributed by atoms with Crippen LogP contribution in [-0.4, -0.2) is 86.7 Å². The van der Waals surface area contributed by atoms with Gasteiger partial charge < -0.3 is 19.6 Å². The molecule has 1 unspecified atom stereocenters. The monoisotopic (exact) mass is 575 g/mol. The fourth-order valence-electron chi connectivity index (χ4n) is 5.76. The molecule has 5 rings (SSSR count). The summed E-state index contributed by atoms with van der Waals surface area (Å²) in [7, 11) is 1.68. The van der Waals surface area contributed by atoms with Gasteiger partial charge in [-0.25, -0.2) is 19.6 Å². The van der Waals surface area contributed by atoms with E-state index in [2.05, 4.69) is 45.7 Å². The van der Waals surface area contributed by atoms with Crippen molar-refractivity contribution in [1.82, 2.24) is 24.7 Å². The minimum absolute atomic E-state index is 0.0233. The number of carboxylic acid groups (broad SMARTS) is 1. The van der Waals surface area contributed by atoms with Crippen LogP contribution in [0.2, 0.25) is 0 Å². The molecule has 3 aromatic rings. The van der Waals surface area contributed by atoms with Crippen LogP contribution < -0.4 is 0 Å². The number of rotatable bonds is 10. The fourth-order valence-corrected chi connectivity index (χ4v) is 6.46. The minimum atomic E-state index is -0.942. The third-order valence-corrected chi connectivity index (χ3v) is 8.81. The highest BCUT2D eigenvalue weighted by Crippen LogP contribution is 2.38. The number of benzene rings is 2. The molecule has 2 saturated heterocycles. The number of urea groups is 1. The highest BCUT2D eigenvalue weighted by molar-refractivity contribution is 7.99. The van der Waals surface area contributed by atoms with Crippen LogP contribution in [0.3, 0.4) is 0 Å². The summed E-state index contributed by atoms with van der Waals surface area (Å²) >= 11 is 1.40. The van der Waals surface area contributed by atoms with Gasteiger partial charge in [-0.2, -0.15) is 0 Å². The number of ether oxygens (including phenoxy) is 1. The lowest BCUT2D eigenvalue weighted by Crippen LogP contribution is -2.52. The molecule has 3 heterocycles. The van der Waals surface area contributed by atoms with Crippen LogP contribution in [0.15, 0.2) is 77.0 Å². The van der Waals surface area contributed by atoms with Gasteiger partial charge in [-0.05, 0) is 68.3 Å². The third kappa shape index (κ3) is 6.72. The molecule has 0 radical (unpaired) electrons. The minimum Gasteiger partial charge on any atom is -0.478 e. The first-order valence-corrected chi connectivity index (χ1v) is 14.7. The van der Waals surface area contributed by atoms with Crippen molar-refractivity contribution in [2.75, 3.05) is 33.4 Å². The number of carbonyl (C=O) groups excluding carboxylic acids is 1. The first-order chi connectivity index (χ1) is 19.7. The number of hydrogen-bond donors (Lipinski definition) is 1. The normalized spacial score (nSPS) is 18.7. The number of likely N-dealkylation sites (tertiary alicyclic amines) is 1. The predicted octanol–water partition coefficient (Wildman–Crippen LogP) is 5.19. The Balaban J connectivity index is 1.20. The Morgan fingerprint density at radius 3 is 2.32 bits per heavy atom. The molecule has 41 heavy (non-hydrogen) atoms. The molecule has 0 saturated carbocycles. The lowest BCUT2D eigenvalue weighted by atomic mass is 9.98. The Morgan fingerprint density at radius 2 is 1.71 bits per heavy atom. The molecule has 0 aliphatic carbocycles. The van der Waals surface area contributed by atoms with E-state index in [0.717, 1.165) is 42.9 Å². The maximum atomic E-state index is 13.8. The Hall–Kier alpha value is -3.47. The van der Waals surface area contributed by atoms with Gasteiger partial charge >= 0.3 is 12.0 Å². The number of piperidine rings is 1. The third-order valence-electron chi connectivity index (χ3n) is 7.90. The maximum absolute atomic E-state index is 13.8. The van der Waals surface area contributed by atoms with Crippen molar-refractivity contribution in [3.05, 3.63) is 83.7 Å². The van der Waals surface area contributed by atoms with Crippen LogP contribution in [0.1, 0.15) is 54.2 Å². The van der Waals surface area contributed by atoms with E-state index in [-0.39, 0.29) is 29.2 Å². The molecular weight excluding hydrogens is 538 g/mol. The summed E-state index contributed by atoms with van der Waals surface area (Å²) in [6.07, 6.45) is 5.54. The zero-order chi connectivity index (χ0) is 29.0. The molecule has 2 fully saturated rings. The van der Waals surface area contributed by atoms with E-state index in [0.29, 0.717) is 18.3 Å². The van der Waals surface area contributed by atoms with Gasteiger partial charge in [0.1, 0.15) is 0 Å². The van der Waals surface area contributed by atoms with Crippen molar-refractivity contribution in [3.63, 3.8) is 0 Å². The zero-order valence-corrected chi connectivity index (χ0v) is 24.6. The zero-order valence-electron chi connectivity index (χ0n) is 23.8. The largest absolute Gasteiger partial charge is 0.478 e. The second-order valence-corrected chi connectivity index (χ2v) is 12.3. The van der Waals surface area contributed by atoms with Crippen LogP contribution in [0, 0.1) is 0 Å². The van der Waals surface area contributed by atoms with Crippen molar-refractivity contribution >= 4 is 23.8 Å². The second-order valence-electron chi connectivity index (χ2n) is 11.3. The number of carboxylic acids is 1. The van der Waals surface area contributed by atoms with Gasteiger partial charge in [0, 0.05) is 62.2 Å². The average molecular weight is 576 g/mol. The number of nitrogens with zero attached hydrogens (tertiary/aromatic N) is 5. The summed E-state index contributed by atoms with van der Waals surface area (Å²) in [5.74, 6) is -0.942. The molecule has 2 aromatic carbocycles. The van der Waals surface area contributed by atoms with Gasteiger partial charge in [0.15, 0.2) is 5.16 Å². The Morgan fingerprint density at radius 1 is 1.05 bits per heavy atom. The van der Waals surface area contributed by atoms with Gasteiger partial charge in [0.05, 0.1) is 23.8 Å². The van der Waals surface area contributed by atoms with Crippen molar-refractivity contribution in [2.45, 2.75) is 60.9 Å². The van der Waals surface area contributed by atoms with E-state index in [1.54, 1.807) is 31.4 Å². The van der Waals surface area contributed by atoms with Crippen molar-refractivity contribution in [2.24, 2.45) is 0 Å². The standard InChI is InChI=1S/C31H37N5O4S/c1-31(2,21-40-3)35-20-27(23-7-5-4-6-8-23)36(30(35)39)25-13-15-34(16-14-25)19-22-17-32-29(33-18-22)41-26-11-9-24(10-12-26)28(37)38/h4-12,17-18,25,27H,13-16,19-21H2,1-3H3,(H,37,38). The summed E-state index contributed by atoms with van der Waals surface area (Å²) < 4.78 is 5.46. The molecule has 2 aliphatic rings. The van der Waals surface area contributed by atoms with E-state index >= 15 is 0 Å². The Labute approximate surface area is 245 Å². The first kappa shape index (κ1) is 29.0. The quantitative estimate of drug-likeness (QED) is 0.330. The van der Waals surface area contributed by atoms with Gasteiger partial charge in [-0.1, -0.05) is 30.3 Å². The molecule has 1 N–H and O–H groups in total. The van der Waals surface area contributed by atoms with E-state index in [9.17, 15) is 9.59 Å². The number of hydrogen-bond acceptors (Lipinski definition) is 7. The topological polar surface area (TPSA) is 99.1 Å². The SMILES string of the molecule is COCC(C)(C)N1CC(c2ccccc2)N(C2CCN(Cc3cnc(Sc4ccc(C(=O)O)cc4)nc3)CC2)C1=O. The van der Waals surface area contributed by atoms with Gasteiger partial charge in [0.25, 0.3) is 0 Å². The molecule has 2 aliphatic heterocycles. The number of carbonyl (C=O) groups is 2. The lowest BCUT2D eigenvalue weighted by Gasteiger charge is -2.39. The molecule has 1 aromatic heterocycles. The van der Waals surface area contributed by atoms with Crippen LogP contribution in [0.25, 0.3) is 0 Å². The summed E-state index contributed by atoms with van der Waals surface area (Å²) in [5, 5.41) is 9.69. The maximum Gasteiger partial charge on any atom is 0.335 e. The number of amides is 2. The molecule has 2 amide bonds. The molecule has 0 bridgehead atoms. The highest BCUT2D eigenvalue weighted by Gasteiger charge is 2.47. The highest BCUT2D eigenvalue weighted by atomic mass is 32.2. The molecule has 9 nitrogen and oxygen atoms in total. The van der Waals surface area contributed by atoms with Crippen LogP contribution in [0.4, 0.5) is 4.79 Å². The molecular formula is C31H37N5O4S. The van der Waals surface area contributed by atoms with Crippen molar-refractivity contribution < 1.29 is 19.4 Å². The van der Waals surface area contributed by atoms with Gasteiger partial charge in [0.2, 0.25) is 0 Å². The van der Waals surface area contributed by atoms with Crippen LogP contribution in [0.5, 0.6) is 0 Å². The molecule has 216 valence electrons. The molecule has 1 atom stereocenters. The number of methoxy groups -OCH3 is 1. The lowest BCUT2D eigenvalue weighted by molar-refractivity contribution is 0.0609. The van der Waals surface area contributed by atoms with Crippen LogP contribution in [-0.2, 0) is 11.3 Å². The van der Waals surface area contributed by atoms with Crippen molar-refractivity contribution in [1.29, 1.82) is 0 Å². The first-order valence-electron chi connectivity index (χ1n) is 13.9. The van der Waals surface area contributed by atoms with E-state index in [1.807, 2.05) is 35.5 Å².